The summed E-state index contributed by atoms with van der Waals surface area (Å²) >= 11 is 10.9. The number of carbonyl (C=O) groups is 1. The highest BCUT2D eigenvalue weighted by Crippen LogP contribution is 2.34. The quantitative estimate of drug-likeness (QED) is 0.527. The Kier molecular flexibility index (Phi) is 5.80. The summed E-state index contributed by atoms with van der Waals surface area (Å²) in [6, 6.07) is 9.08. The van der Waals surface area contributed by atoms with Crippen molar-refractivity contribution < 1.29 is 14.3 Å². The molecule has 5 nitrogen and oxygen atoms in total. The second-order valence-electron chi connectivity index (χ2n) is 5.18. The van der Waals surface area contributed by atoms with Gasteiger partial charge in [0.1, 0.15) is 11.5 Å². The molecule has 8 heteroatoms. The van der Waals surface area contributed by atoms with Gasteiger partial charge < -0.3 is 9.47 Å². The smallest absolute Gasteiger partial charge is 0.250 e. The standard InChI is InChI=1S/C18H14BrClN2O3S/c1-24-14-5-4-11(19)7-10(14)3-6-17(23)22-18-21-13-8-12(20)15(25-2)9-16(13)26-18/h3-9H,1-2H3,(H,21,22,23)/b6-3+. The molecule has 0 aliphatic heterocycles. The fraction of sp³-hybridized carbons (Fsp3) is 0.111. The van der Waals surface area contributed by atoms with Crippen LogP contribution in [0, 0.1) is 0 Å². The topological polar surface area (TPSA) is 60.5 Å². The Labute approximate surface area is 167 Å². The lowest BCUT2D eigenvalue weighted by Gasteiger charge is -2.04. The summed E-state index contributed by atoms with van der Waals surface area (Å²) in [6.07, 6.45) is 3.12. The summed E-state index contributed by atoms with van der Waals surface area (Å²) in [5.41, 5.74) is 1.49. The van der Waals surface area contributed by atoms with Crippen LogP contribution in [0.15, 0.2) is 40.9 Å². The van der Waals surface area contributed by atoms with E-state index in [1.165, 1.54) is 17.4 Å². The normalized spacial score (nSPS) is 11.1. The fourth-order valence-electron chi connectivity index (χ4n) is 2.29. The van der Waals surface area contributed by atoms with Gasteiger partial charge in [-0.25, -0.2) is 4.98 Å². The summed E-state index contributed by atoms with van der Waals surface area (Å²) in [7, 11) is 3.14. The third-order valence-electron chi connectivity index (χ3n) is 3.50. The number of nitrogens with one attached hydrogen (secondary N) is 1. The monoisotopic (exact) mass is 452 g/mol. The van der Waals surface area contributed by atoms with Crippen LogP contribution in [0.4, 0.5) is 5.13 Å². The maximum absolute atomic E-state index is 12.2. The number of thiazole rings is 1. The van der Waals surface area contributed by atoms with E-state index in [0.29, 0.717) is 27.2 Å². The molecule has 0 spiro atoms. The van der Waals surface area contributed by atoms with E-state index in [4.69, 9.17) is 21.1 Å². The zero-order valence-electron chi connectivity index (χ0n) is 13.9. The van der Waals surface area contributed by atoms with Crippen molar-refractivity contribution in [1.82, 2.24) is 4.98 Å². The average Bonchev–Trinajstić information content (AvgIpc) is 3.00. The second kappa shape index (κ2) is 8.07. The lowest BCUT2D eigenvalue weighted by molar-refractivity contribution is -0.111. The molecule has 1 aromatic heterocycles. The van der Waals surface area contributed by atoms with Crippen LogP contribution in [-0.4, -0.2) is 25.1 Å². The van der Waals surface area contributed by atoms with Gasteiger partial charge in [-0.05, 0) is 30.3 Å². The molecule has 0 fully saturated rings. The van der Waals surface area contributed by atoms with Crippen LogP contribution in [0.3, 0.4) is 0 Å². The van der Waals surface area contributed by atoms with Crippen LogP contribution < -0.4 is 14.8 Å². The molecule has 0 aliphatic rings. The first-order valence-corrected chi connectivity index (χ1v) is 9.45. The average molecular weight is 454 g/mol. The van der Waals surface area contributed by atoms with Crippen molar-refractivity contribution >= 4 is 66.2 Å². The SMILES string of the molecule is COc1cc2sc(NC(=O)/C=C/c3cc(Br)ccc3OC)nc2cc1Cl. The van der Waals surface area contributed by atoms with Gasteiger partial charge in [0, 0.05) is 22.2 Å². The van der Waals surface area contributed by atoms with E-state index >= 15 is 0 Å². The van der Waals surface area contributed by atoms with Gasteiger partial charge in [0.15, 0.2) is 5.13 Å². The third-order valence-corrected chi connectivity index (χ3v) is 5.22. The van der Waals surface area contributed by atoms with E-state index in [-0.39, 0.29) is 5.91 Å². The number of methoxy groups -OCH3 is 2. The number of rotatable bonds is 5. The van der Waals surface area contributed by atoms with E-state index in [2.05, 4.69) is 26.2 Å². The number of amides is 1. The Bertz CT molecular complexity index is 1000. The molecule has 3 rings (SSSR count). The minimum atomic E-state index is -0.288. The summed E-state index contributed by atoms with van der Waals surface area (Å²) < 4.78 is 12.3. The molecule has 26 heavy (non-hydrogen) atoms. The maximum atomic E-state index is 12.2. The van der Waals surface area contributed by atoms with Crippen molar-refractivity contribution in [2.45, 2.75) is 0 Å². The molecule has 0 aliphatic carbocycles. The zero-order chi connectivity index (χ0) is 18.7. The number of hydrogen-bond donors (Lipinski definition) is 1. The van der Waals surface area contributed by atoms with Crippen LogP contribution in [0.2, 0.25) is 5.02 Å². The molecule has 2 aromatic carbocycles. The van der Waals surface area contributed by atoms with E-state index in [1.807, 2.05) is 18.2 Å². The lowest BCUT2D eigenvalue weighted by Crippen LogP contribution is -2.07. The minimum Gasteiger partial charge on any atom is -0.496 e. The van der Waals surface area contributed by atoms with E-state index in [0.717, 1.165) is 14.7 Å². The number of ether oxygens (including phenoxy) is 2. The predicted molar refractivity (Wildman–Crippen MR) is 110 cm³/mol. The van der Waals surface area contributed by atoms with Gasteiger partial charge in [-0.15, -0.1) is 0 Å². The first-order valence-electron chi connectivity index (χ1n) is 7.47. The molecule has 3 aromatic rings. The predicted octanol–water partition coefficient (Wildman–Crippen LogP) is 5.38. The Hall–Kier alpha value is -2.09. The summed E-state index contributed by atoms with van der Waals surface area (Å²) in [5, 5.41) is 3.72. The van der Waals surface area contributed by atoms with Gasteiger partial charge in [0.05, 0.1) is 29.5 Å². The summed E-state index contributed by atoms with van der Waals surface area (Å²) in [5.74, 6) is 0.963. The van der Waals surface area contributed by atoms with Crippen LogP contribution in [0.1, 0.15) is 5.56 Å². The van der Waals surface area contributed by atoms with Crippen LogP contribution >= 0.6 is 38.9 Å². The van der Waals surface area contributed by atoms with Gasteiger partial charge in [0.25, 0.3) is 0 Å². The molecule has 0 unspecified atom stereocenters. The van der Waals surface area contributed by atoms with E-state index in [9.17, 15) is 4.79 Å². The number of carbonyl (C=O) groups excluding carboxylic acids is 1. The molecule has 134 valence electrons. The number of aromatic nitrogens is 1. The van der Waals surface area contributed by atoms with Gasteiger partial charge >= 0.3 is 0 Å². The third kappa shape index (κ3) is 4.17. The van der Waals surface area contributed by atoms with Crippen molar-refractivity contribution in [3.8, 4) is 11.5 Å². The number of hydrogen-bond acceptors (Lipinski definition) is 5. The van der Waals surface area contributed by atoms with E-state index in [1.54, 1.807) is 32.4 Å². The highest BCUT2D eigenvalue weighted by atomic mass is 79.9. The Balaban J connectivity index is 1.78. The van der Waals surface area contributed by atoms with Gasteiger partial charge in [0.2, 0.25) is 5.91 Å². The summed E-state index contributed by atoms with van der Waals surface area (Å²) in [6.45, 7) is 0. The Morgan fingerprint density at radius 2 is 2.00 bits per heavy atom. The van der Waals surface area contributed by atoms with Crippen molar-refractivity contribution in [2.75, 3.05) is 19.5 Å². The molecular formula is C18H14BrClN2O3S. The lowest BCUT2D eigenvalue weighted by atomic mass is 10.2. The molecule has 0 saturated heterocycles. The molecule has 1 N–H and O–H groups in total. The van der Waals surface area contributed by atoms with Crippen molar-refractivity contribution in [3.05, 3.63) is 51.5 Å². The molecule has 0 radical (unpaired) electrons. The number of benzene rings is 2. The first-order chi connectivity index (χ1) is 12.5. The zero-order valence-corrected chi connectivity index (χ0v) is 17.0. The molecule has 1 heterocycles. The van der Waals surface area contributed by atoms with Crippen LogP contribution in [-0.2, 0) is 4.79 Å². The minimum absolute atomic E-state index is 0.288. The number of nitrogens with zero attached hydrogens (tertiary/aromatic N) is 1. The largest absolute Gasteiger partial charge is 0.496 e. The molecule has 0 bridgehead atoms. The van der Waals surface area contributed by atoms with Crippen molar-refractivity contribution in [2.24, 2.45) is 0 Å². The summed E-state index contributed by atoms with van der Waals surface area (Å²) in [4.78, 5) is 16.6. The molecular weight excluding hydrogens is 440 g/mol. The van der Waals surface area contributed by atoms with Crippen molar-refractivity contribution in [3.63, 3.8) is 0 Å². The van der Waals surface area contributed by atoms with Gasteiger partial charge in [-0.1, -0.05) is 38.9 Å². The highest BCUT2D eigenvalue weighted by molar-refractivity contribution is 9.10. The number of fused-ring (bicyclic) bond motifs is 1. The Morgan fingerprint density at radius 1 is 1.23 bits per heavy atom. The first kappa shape index (κ1) is 18.7. The van der Waals surface area contributed by atoms with Crippen LogP contribution in [0.5, 0.6) is 11.5 Å². The molecule has 0 saturated carbocycles. The van der Waals surface area contributed by atoms with Crippen LogP contribution in [0.25, 0.3) is 16.3 Å². The number of halogens is 2. The molecule has 1 amide bonds. The fourth-order valence-corrected chi connectivity index (χ4v) is 3.78. The second-order valence-corrected chi connectivity index (χ2v) is 7.54. The molecule has 0 atom stereocenters. The van der Waals surface area contributed by atoms with Crippen molar-refractivity contribution in [1.29, 1.82) is 0 Å². The Morgan fingerprint density at radius 3 is 2.73 bits per heavy atom. The van der Waals surface area contributed by atoms with Gasteiger partial charge in [-0.3, -0.25) is 10.1 Å². The van der Waals surface area contributed by atoms with E-state index < -0.39 is 0 Å². The maximum Gasteiger partial charge on any atom is 0.250 e. The number of anilines is 1. The van der Waals surface area contributed by atoms with Gasteiger partial charge in [-0.2, -0.15) is 0 Å². The highest BCUT2D eigenvalue weighted by Gasteiger charge is 2.10.